The summed E-state index contributed by atoms with van der Waals surface area (Å²) in [6.07, 6.45) is 3.63. The van der Waals surface area contributed by atoms with E-state index in [2.05, 4.69) is 27.4 Å². The number of nitrogens with zero attached hydrogens (tertiary/aromatic N) is 3. The molecular weight excluding hydrogens is 363 g/mol. The first kappa shape index (κ1) is 18.0. The fourth-order valence-electron chi connectivity index (χ4n) is 3.01. The molecule has 0 bridgehead atoms. The molecule has 0 atom stereocenters. The molecule has 4 rings (SSSR count). The molecule has 1 N–H and O–H groups in total. The summed E-state index contributed by atoms with van der Waals surface area (Å²) in [4.78, 5) is 11.9. The third-order valence-corrected chi connectivity index (χ3v) is 5.44. The van der Waals surface area contributed by atoms with Gasteiger partial charge in [-0.05, 0) is 11.6 Å². The fourth-order valence-corrected chi connectivity index (χ4v) is 3.90. The summed E-state index contributed by atoms with van der Waals surface area (Å²) >= 11 is 1.66. The second-order valence-electron chi connectivity index (χ2n) is 6.35. The van der Waals surface area contributed by atoms with Crippen molar-refractivity contribution in [3.8, 4) is 10.6 Å². The average molecular weight is 384 g/mol. The molecule has 0 spiro atoms. The van der Waals surface area contributed by atoms with Crippen LogP contribution in [-0.4, -0.2) is 36.3 Å². The van der Waals surface area contributed by atoms with Gasteiger partial charge in [-0.25, -0.2) is 14.4 Å². The van der Waals surface area contributed by atoms with Crippen LogP contribution in [0.1, 0.15) is 10.4 Å². The second-order valence-corrected chi connectivity index (χ2v) is 7.46. The van der Waals surface area contributed by atoms with Crippen LogP contribution >= 0.6 is 11.3 Å². The lowest BCUT2D eigenvalue weighted by Crippen LogP contribution is -2.37. The minimum absolute atomic E-state index is 0.277. The molecule has 3 heterocycles. The molecule has 0 amide bonds. The first-order chi connectivity index (χ1) is 13.3. The van der Waals surface area contributed by atoms with E-state index < -0.39 is 0 Å². The first-order valence-electron chi connectivity index (χ1n) is 8.97. The summed E-state index contributed by atoms with van der Waals surface area (Å²) in [6.45, 7) is 3.84. The second kappa shape index (κ2) is 8.56. The Hall–Kier alpha value is -2.35. The molecular formula is C20H21FN4OS. The predicted molar refractivity (Wildman–Crippen MR) is 105 cm³/mol. The van der Waals surface area contributed by atoms with E-state index in [1.165, 1.54) is 0 Å². The number of thiazole rings is 1. The van der Waals surface area contributed by atoms with Crippen LogP contribution in [0.5, 0.6) is 0 Å². The number of ether oxygens (including phenoxy) is 1. The van der Waals surface area contributed by atoms with Crippen molar-refractivity contribution in [1.29, 1.82) is 0 Å². The van der Waals surface area contributed by atoms with E-state index in [1.54, 1.807) is 23.6 Å². The summed E-state index contributed by atoms with van der Waals surface area (Å²) in [5, 5.41) is 4.35. The molecule has 27 heavy (non-hydrogen) atoms. The number of anilines is 1. The van der Waals surface area contributed by atoms with E-state index in [9.17, 15) is 4.39 Å². The lowest BCUT2D eigenvalue weighted by atomic mass is 10.2. The van der Waals surface area contributed by atoms with E-state index in [0.29, 0.717) is 45.2 Å². The number of rotatable bonds is 6. The van der Waals surface area contributed by atoms with E-state index in [0.717, 1.165) is 21.0 Å². The van der Waals surface area contributed by atoms with Crippen LogP contribution < -0.4 is 10.2 Å². The van der Waals surface area contributed by atoms with Crippen molar-refractivity contribution in [2.45, 2.75) is 13.1 Å². The number of pyridine rings is 1. The highest BCUT2D eigenvalue weighted by molar-refractivity contribution is 7.15. The molecule has 2 aromatic heterocycles. The highest BCUT2D eigenvalue weighted by Crippen LogP contribution is 2.24. The van der Waals surface area contributed by atoms with Gasteiger partial charge in [-0.2, -0.15) is 0 Å². The zero-order chi connectivity index (χ0) is 18.5. The van der Waals surface area contributed by atoms with Gasteiger partial charge >= 0.3 is 0 Å². The zero-order valence-electron chi connectivity index (χ0n) is 14.9. The van der Waals surface area contributed by atoms with Crippen molar-refractivity contribution in [3.63, 3.8) is 0 Å². The number of morpholine rings is 1. The average Bonchev–Trinajstić information content (AvgIpc) is 3.18. The molecule has 0 radical (unpaired) electrons. The summed E-state index contributed by atoms with van der Waals surface area (Å²) in [6, 6.07) is 11.7. The van der Waals surface area contributed by atoms with Crippen LogP contribution in [-0.2, 0) is 17.8 Å². The Morgan fingerprint density at radius 2 is 1.89 bits per heavy atom. The monoisotopic (exact) mass is 384 g/mol. The highest BCUT2D eigenvalue weighted by Gasteiger charge is 2.16. The number of nitrogens with one attached hydrogen (secondary N) is 1. The third kappa shape index (κ3) is 4.50. The van der Waals surface area contributed by atoms with Gasteiger partial charge in [0.25, 0.3) is 0 Å². The first-order valence-corrected chi connectivity index (χ1v) is 9.79. The maximum absolute atomic E-state index is 14.4. The fraction of sp³-hybridized carbons (Fsp3) is 0.300. The Kier molecular flexibility index (Phi) is 5.72. The van der Waals surface area contributed by atoms with E-state index in [1.807, 2.05) is 29.3 Å². The molecule has 1 aromatic carbocycles. The highest BCUT2D eigenvalue weighted by atomic mass is 32.1. The Balaban J connectivity index is 1.33. The van der Waals surface area contributed by atoms with Gasteiger partial charge in [-0.1, -0.05) is 30.3 Å². The van der Waals surface area contributed by atoms with E-state index >= 15 is 0 Å². The molecule has 1 aliphatic heterocycles. The van der Waals surface area contributed by atoms with Crippen molar-refractivity contribution >= 4 is 17.2 Å². The summed E-state index contributed by atoms with van der Waals surface area (Å²) < 4.78 is 19.7. The molecule has 140 valence electrons. The number of hydrogen-bond donors (Lipinski definition) is 1. The molecule has 3 aromatic rings. The number of aromatic nitrogens is 2. The Morgan fingerprint density at radius 3 is 2.67 bits per heavy atom. The third-order valence-electron chi connectivity index (χ3n) is 4.39. The molecule has 1 fully saturated rings. The van der Waals surface area contributed by atoms with Crippen molar-refractivity contribution in [2.75, 3.05) is 31.2 Å². The van der Waals surface area contributed by atoms with Crippen molar-refractivity contribution in [2.24, 2.45) is 0 Å². The van der Waals surface area contributed by atoms with E-state index in [-0.39, 0.29) is 5.82 Å². The van der Waals surface area contributed by atoms with E-state index in [4.69, 9.17) is 4.74 Å². The van der Waals surface area contributed by atoms with Gasteiger partial charge in [0.15, 0.2) is 11.6 Å². The molecule has 5 nitrogen and oxygen atoms in total. The Labute approximate surface area is 161 Å². The lowest BCUT2D eigenvalue weighted by molar-refractivity contribution is 0.122. The van der Waals surface area contributed by atoms with Crippen LogP contribution in [0, 0.1) is 5.82 Å². The normalized spacial score (nSPS) is 14.5. The van der Waals surface area contributed by atoms with Crippen molar-refractivity contribution in [1.82, 2.24) is 15.3 Å². The molecule has 7 heteroatoms. The van der Waals surface area contributed by atoms with Gasteiger partial charge < -0.3 is 15.0 Å². The van der Waals surface area contributed by atoms with Crippen molar-refractivity contribution < 1.29 is 9.13 Å². The zero-order valence-corrected chi connectivity index (χ0v) is 15.7. The molecule has 0 saturated carbocycles. The number of hydrogen-bond acceptors (Lipinski definition) is 6. The standard InChI is InChI=1S/C20H21FN4OS/c21-18-10-15(12-23-19(18)25-6-8-26-9-7-25)11-22-13-17-14-24-20(27-17)16-4-2-1-3-5-16/h1-5,10,12,14,22H,6-9,11,13H2. The maximum Gasteiger partial charge on any atom is 0.165 e. The summed E-state index contributed by atoms with van der Waals surface area (Å²) in [5.74, 6) is 0.136. The van der Waals surface area contributed by atoms with Gasteiger partial charge in [0.2, 0.25) is 0 Å². The van der Waals surface area contributed by atoms with Crippen LogP contribution in [0.2, 0.25) is 0 Å². The maximum atomic E-state index is 14.4. The minimum Gasteiger partial charge on any atom is -0.378 e. The summed E-state index contributed by atoms with van der Waals surface area (Å²) in [5.41, 5.74) is 1.95. The smallest absolute Gasteiger partial charge is 0.165 e. The molecule has 1 aliphatic rings. The predicted octanol–water partition coefficient (Wildman–Crippen LogP) is 3.47. The van der Waals surface area contributed by atoms with Gasteiger partial charge in [0.1, 0.15) is 5.01 Å². The quantitative estimate of drug-likeness (QED) is 0.705. The van der Waals surface area contributed by atoms with Gasteiger partial charge in [-0.15, -0.1) is 11.3 Å². The van der Waals surface area contributed by atoms with Crippen LogP contribution in [0.25, 0.3) is 10.6 Å². The Morgan fingerprint density at radius 1 is 1.07 bits per heavy atom. The van der Waals surface area contributed by atoms with Crippen molar-refractivity contribution in [3.05, 3.63) is 65.0 Å². The number of benzene rings is 1. The Bertz CT molecular complexity index is 881. The van der Waals surface area contributed by atoms with Gasteiger partial charge in [-0.3, -0.25) is 0 Å². The van der Waals surface area contributed by atoms with Gasteiger partial charge in [0, 0.05) is 49.0 Å². The SMILES string of the molecule is Fc1cc(CNCc2cnc(-c3ccccc3)s2)cnc1N1CCOCC1. The molecule has 1 saturated heterocycles. The molecule has 0 aliphatic carbocycles. The van der Waals surface area contributed by atoms with Crippen LogP contribution in [0.4, 0.5) is 10.2 Å². The largest absolute Gasteiger partial charge is 0.378 e. The topological polar surface area (TPSA) is 50.3 Å². The van der Waals surface area contributed by atoms with Gasteiger partial charge in [0.05, 0.1) is 13.2 Å². The molecule has 0 unspecified atom stereocenters. The summed E-state index contributed by atoms with van der Waals surface area (Å²) in [7, 11) is 0. The number of halogens is 1. The van der Waals surface area contributed by atoms with Crippen LogP contribution in [0.15, 0.2) is 48.8 Å². The van der Waals surface area contributed by atoms with Crippen LogP contribution in [0.3, 0.4) is 0 Å². The minimum atomic E-state index is -0.277. The lowest BCUT2D eigenvalue weighted by Gasteiger charge is -2.28.